The normalized spacial score (nSPS) is 16.5. The summed E-state index contributed by atoms with van der Waals surface area (Å²) in [5.74, 6) is -1.70. The zero-order valence-corrected chi connectivity index (χ0v) is 18.3. The predicted molar refractivity (Wildman–Crippen MR) is 117 cm³/mol. The highest BCUT2D eigenvalue weighted by molar-refractivity contribution is 6.22. The first kappa shape index (κ1) is 22.2. The fourth-order valence-electron chi connectivity index (χ4n) is 4.11. The molecule has 1 atom stereocenters. The molecular formula is C24H23N3O6. The first-order valence-electron chi connectivity index (χ1n) is 10.6. The van der Waals surface area contributed by atoms with Crippen LogP contribution in [0.15, 0.2) is 48.5 Å². The molecule has 1 saturated heterocycles. The van der Waals surface area contributed by atoms with Crippen LogP contribution < -0.4 is 4.74 Å². The maximum Gasteiger partial charge on any atom is 0.308 e. The van der Waals surface area contributed by atoms with Crippen molar-refractivity contribution in [3.05, 3.63) is 65.2 Å². The maximum absolute atomic E-state index is 13.0. The van der Waals surface area contributed by atoms with E-state index >= 15 is 0 Å². The summed E-state index contributed by atoms with van der Waals surface area (Å²) >= 11 is 0. The van der Waals surface area contributed by atoms with Crippen molar-refractivity contribution in [2.24, 2.45) is 0 Å². The molecule has 2 aliphatic rings. The molecule has 2 aliphatic heterocycles. The number of carbonyl (C=O) groups excluding carboxylic acids is 5. The van der Waals surface area contributed by atoms with Gasteiger partial charge >= 0.3 is 5.97 Å². The van der Waals surface area contributed by atoms with Gasteiger partial charge in [0.1, 0.15) is 11.8 Å². The van der Waals surface area contributed by atoms with Gasteiger partial charge in [0.15, 0.2) is 0 Å². The Balaban J connectivity index is 1.38. The van der Waals surface area contributed by atoms with Crippen LogP contribution >= 0.6 is 0 Å². The van der Waals surface area contributed by atoms with Gasteiger partial charge in [-0.15, -0.1) is 0 Å². The number of ether oxygens (including phenoxy) is 1. The number of amides is 4. The molecule has 9 heteroatoms. The minimum absolute atomic E-state index is 0.232. The minimum atomic E-state index is -0.944. The lowest BCUT2D eigenvalue weighted by molar-refractivity contribution is -0.136. The van der Waals surface area contributed by atoms with Gasteiger partial charge in [-0.25, -0.2) is 0 Å². The van der Waals surface area contributed by atoms with E-state index in [-0.39, 0.29) is 30.7 Å². The minimum Gasteiger partial charge on any atom is -0.427 e. The average molecular weight is 449 g/mol. The summed E-state index contributed by atoms with van der Waals surface area (Å²) in [4.78, 5) is 66.6. The quantitative estimate of drug-likeness (QED) is 0.399. The van der Waals surface area contributed by atoms with E-state index < -0.39 is 23.8 Å². The molecule has 0 spiro atoms. The van der Waals surface area contributed by atoms with Gasteiger partial charge in [0.25, 0.3) is 17.7 Å². The van der Waals surface area contributed by atoms with E-state index in [0.29, 0.717) is 29.8 Å². The monoisotopic (exact) mass is 449 g/mol. The molecule has 1 fully saturated rings. The molecule has 33 heavy (non-hydrogen) atoms. The molecule has 0 radical (unpaired) electrons. The van der Waals surface area contributed by atoms with Crippen molar-refractivity contribution in [1.82, 2.24) is 14.7 Å². The second kappa shape index (κ2) is 8.85. The molecule has 170 valence electrons. The first-order chi connectivity index (χ1) is 15.8. The standard InChI is InChI=1S/C24H23N3O6/c1-15(27-23(31)19-8-3-4-9-20(19)24(27)32)21(29)25-10-12-26(13-11-25)22(30)17-6-5-7-18(14-17)33-16(2)28/h3-9,14-15H,10-13H2,1-2H3. The van der Waals surface area contributed by atoms with E-state index in [1.54, 1.807) is 59.2 Å². The van der Waals surface area contributed by atoms with Crippen molar-refractivity contribution in [3.8, 4) is 5.75 Å². The summed E-state index contributed by atoms with van der Waals surface area (Å²) < 4.78 is 5.03. The molecule has 2 aromatic carbocycles. The number of hydrogen-bond donors (Lipinski definition) is 0. The predicted octanol–water partition coefficient (Wildman–Crippen LogP) is 1.58. The third-order valence-corrected chi connectivity index (χ3v) is 5.79. The number of piperazine rings is 1. The number of rotatable bonds is 4. The molecule has 4 amide bonds. The lowest BCUT2D eigenvalue weighted by Gasteiger charge is -2.37. The molecule has 0 bridgehead atoms. The van der Waals surface area contributed by atoms with Crippen LogP contribution in [0, 0.1) is 0 Å². The number of hydrogen-bond acceptors (Lipinski definition) is 6. The Labute approximate surface area is 190 Å². The molecular weight excluding hydrogens is 426 g/mol. The molecule has 0 aliphatic carbocycles. The third-order valence-electron chi connectivity index (χ3n) is 5.79. The fraction of sp³-hybridized carbons (Fsp3) is 0.292. The molecule has 0 saturated carbocycles. The SMILES string of the molecule is CC(=O)Oc1cccc(C(=O)N2CCN(C(=O)C(C)N3C(=O)c4ccccc4C3=O)CC2)c1. The number of nitrogens with zero attached hydrogens (tertiary/aromatic N) is 3. The van der Waals surface area contributed by atoms with Crippen LogP contribution in [0.4, 0.5) is 0 Å². The van der Waals surface area contributed by atoms with Crippen molar-refractivity contribution in [1.29, 1.82) is 0 Å². The third kappa shape index (κ3) is 4.21. The summed E-state index contributed by atoms with van der Waals surface area (Å²) in [6, 6.07) is 11.9. The van der Waals surface area contributed by atoms with Crippen LogP contribution in [-0.2, 0) is 9.59 Å². The van der Waals surface area contributed by atoms with E-state index in [2.05, 4.69) is 0 Å². The van der Waals surface area contributed by atoms with Crippen LogP contribution in [0.3, 0.4) is 0 Å². The van der Waals surface area contributed by atoms with Gasteiger partial charge in [0, 0.05) is 38.7 Å². The summed E-state index contributed by atoms with van der Waals surface area (Å²) in [6.45, 7) is 3.99. The van der Waals surface area contributed by atoms with Gasteiger partial charge in [-0.1, -0.05) is 18.2 Å². The second-order valence-electron chi connectivity index (χ2n) is 7.94. The highest BCUT2D eigenvalue weighted by Gasteiger charge is 2.42. The lowest BCUT2D eigenvalue weighted by atomic mass is 10.1. The highest BCUT2D eigenvalue weighted by Crippen LogP contribution is 2.25. The average Bonchev–Trinajstić information content (AvgIpc) is 3.07. The van der Waals surface area contributed by atoms with Gasteiger partial charge in [-0.05, 0) is 37.3 Å². The largest absolute Gasteiger partial charge is 0.427 e. The number of fused-ring (bicyclic) bond motifs is 1. The first-order valence-corrected chi connectivity index (χ1v) is 10.6. The lowest BCUT2D eigenvalue weighted by Crippen LogP contribution is -2.56. The van der Waals surface area contributed by atoms with Gasteiger partial charge < -0.3 is 14.5 Å². The zero-order valence-electron chi connectivity index (χ0n) is 18.3. The molecule has 2 aromatic rings. The zero-order chi connectivity index (χ0) is 23.7. The Hall–Kier alpha value is -4.01. The maximum atomic E-state index is 13.0. The van der Waals surface area contributed by atoms with Crippen molar-refractivity contribution in [2.45, 2.75) is 19.9 Å². The van der Waals surface area contributed by atoms with Gasteiger partial charge in [0.2, 0.25) is 5.91 Å². The number of benzene rings is 2. The summed E-state index contributed by atoms with van der Waals surface area (Å²) in [6.07, 6.45) is 0. The van der Waals surface area contributed by atoms with Gasteiger partial charge in [-0.2, -0.15) is 0 Å². The van der Waals surface area contributed by atoms with E-state index in [9.17, 15) is 24.0 Å². The Morgan fingerprint density at radius 2 is 1.42 bits per heavy atom. The summed E-state index contributed by atoms with van der Waals surface area (Å²) in [5.41, 5.74) is 0.981. The molecule has 9 nitrogen and oxygen atoms in total. The van der Waals surface area contributed by atoms with Crippen molar-refractivity contribution in [3.63, 3.8) is 0 Å². The Morgan fingerprint density at radius 1 is 0.848 bits per heavy atom. The highest BCUT2D eigenvalue weighted by atomic mass is 16.5. The Morgan fingerprint density at radius 3 is 2.00 bits per heavy atom. The molecule has 1 unspecified atom stereocenters. The Kier molecular flexibility index (Phi) is 5.95. The number of imide groups is 1. The van der Waals surface area contributed by atoms with Crippen LogP contribution in [0.1, 0.15) is 44.9 Å². The van der Waals surface area contributed by atoms with Crippen LogP contribution in [0.2, 0.25) is 0 Å². The number of esters is 1. The van der Waals surface area contributed by atoms with Crippen LogP contribution in [-0.4, -0.2) is 76.5 Å². The van der Waals surface area contributed by atoms with Crippen molar-refractivity contribution < 1.29 is 28.7 Å². The smallest absolute Gasteiger partial charge is 0.308 e. The topological polar surface area (TPSA) is 104 Å². The fourth-order valence-corrected chi connectivity index (χ4v) is 4.11. The Bertz CT molecular complexity index is 1120. The van der Waals surface area contributed by atoms with E-state index in [4.69, 9.17) is 4.74 Å². The second-order valence-corrected chi connectivity index (χ2v) is 7.94. The van der Waals surface area contributed by atoms with Crippen molar-refractivity contribution in [2.75, 3.05) is 26.2 Å². The molecule has 0 aromatic heterocycles. The van der Waals surface area contributed by atoms with Crippen LogP contribution in [0.25, 0.3) is 0 Å². The van der Waals surface area contributed by atoms with E-state index in [0.717, 1.165) is 4.90 Å². The molecule has 2 heterocycles. The summed E-state index contributed by atoms with van der Waals surface area (Å²) in [5, 5.41) is 0. The van der Waals surface area contributed by atoms with Crippen molar-refractivity contribution >= 4 is 29.6 Å². The number of carbonyl (C=O) groups is 5. The van der Waals surface area contributed by atoms with Gasteiger partial charge in [-0.3, -0.25) is 28.9 Å². The van der Waals surface area contributed by atoms with E-state index in [1.807, 2.05) is 0 Å². The summed E-state index contributed by atoms with van der Waals surface area (Å²) in [7, 11) is 0. The van der Waals surface area contributed by atoms with Gasteiger partial charge in [0.05, 0.1) is 11.1 Å². The van der Waals surface area contributed by atoms with Crippen LogP contribution in [0.5, 0.6) is 5.75 Å². The molecule has 0 N–H and O–H groups in total. The molecule has 4 rings (SSSR count). The van der Waals surface area contributed by atoms with E-state index in [1.165, 1.54) is 13.0 Å².